The van der Waals surface area contributed by atoms with E-state index in [0.29, 0.717) is 12.8 Å². The van der Waals surface area contributed by atoms with Gasteiger partial charge in [-0.3, -0.25) is 9.59 Å². The lowest BCUT2D eigenvalue weighted by atomic mass is 10.1. The molecule has 0 aliphatic carbocycles. The maximum absolute atomic E-state index is 12.0. The second-order valence-electron chi connectivity index (χ2n) is 5.39. The first-order valence-electron chi connectivity index (χ1n) is 7.27. The van der Waals surface area contributed by atoms with Gasteiger partial charge in [0, 0.05) is 31.8 Å². The number of aromatic nitrogens is 2. The summed E-state index contributed by atoms with van der Waals surface area (Å²) in [7, 11) is 1.81. The third-order valence-electron chi connectivity index (χ3n) is 3.59. The SMILES string of the molecule is Cn1cncc1CC(NC(=O)CCc1ccc(O)cc1)C(N)=O. The van der Waals surface area contributed by atoms with Gasteiger partial charge < -0.3 is 20.7 Å². The Morgan fingerprint density at radius 1 is 1.35 bits per heavy atom. The first-order valence-corrected chi connectivity index (χ1v) is 7.27. The van der Waals surface area contributed by atoms with Gasteiger partial charge in [0.15, 0.2) is 0 Å². The number of aromatic hydroxyl groups is 1. The molecule has 0 saturated carbocycles. The minimum absolute atomic E-state index is 0.183. The molecule has 1 aromatic carbocycles. The van der Waals surface area contributed by atoms with Crippen molar-refractivity contribution in [2.45, 2.75) is 25.3 Å². The molecule has 7 heteroatoms. The van der Waals surface area contributed by atoms with Crippen molar-refractivity contribution in [2.75, 3.05) is 0 Å². The largest absolute Gasteiger partial charge is 0.508 e. The number of aryl methyl sites for hydroxylation is 2. The number of rotatable bonds is 7. The molecule has 0 spiro atoms. The Labute approximate surface area is 134 Å². The number of imidazole rings is 1. The Morgan fingerprint density at radius 3 is 2.61 bits per heavy atom. The van der Waals surface area contributed by atoms with Crippen LogP contribution in [0.4, 0.5) is 0 Å². The standard InChI is InChI=1S/C16H20N4O3/c1-20-10-18-9-12(20)8-14(16(17)23)19-15(22)7-4-11-2-5-13(21)6-3-11/h2-3,5-6,9-10,14,21H,4,7-8H2,1H3,(H2,17,23)(H,19,22). The Morgan fingerprint density at radius 2 is 2.04 bits per heavy atom. The third-order valence-corrected chi connectivity index (χ3v) is 3.59. The predicted molar refractivity (Wildman–Crippen MR) is 84.5 cm³/mol. The van der Waals surface area contributed by atoms with Crippen LogP contribution in [0.25, 0.3) is 0 Å². The van der Waals surface area contributed by atoms with Gasteiger partial charge >= 0.3 is 0 Å². The van der Waals surface area contributed by atoms with Crippen LogP contribution < -0.4 is 11.1 Å². The molecule has 2 aromatic rings. The molecular weight excluding hydrogens is 296 g/mol. The molecule has 7 nitrogen and oxygen atoms in total. The number of amides is 2. The van der Waals surface area contributed by atoms with E-state index in [1.807, 2.05) is 7.05 Å². The van der Waals surface area contributed by atoms with Crippen molar-refractivity contribution in [3.05, 3.63) is 48.0 Å². The molecule has 4 N–H and O–H groups in total. The van der Waals surface area contributed by atoms with Crippen molar-refractivity contribution in [2.24, 2.45) is 12.8 Å². The van der Waals surface area contributed by atoms with Gasteiger partial charge in [0.05, 0.1) is 6.33 Å². The summed E-state index contributed by atoms with van der Waals surface area (Å²) in [5.74, 6) is -0.642. The summed E-state index contributed by atoms with van der Waals surface area (Å²) in [6.45, 7) is 0. The maximum atomic E-state index is 12.0. The molecule has 1 aromatic heterocycles. The lowest BCUT2D eigenvalue weighted by Crippen LogP contribution is -2.46. The number of carbonyl (C=O) groups excluding carboxylic acids is 2. The molecule has 0 aliphatic rings. The van der Waals surface area contributed by atoms with Gasteiger partial charge in [-0.1, -0.05) is 12.1 Å². The van der Waals surface area contributed by atoms with E-state index in [9.17, 15) is 14.7 Å². The number of phenolic OH excluding ortho intramolecular Hbond substituents is 1. The van der Waals surface area contributed by atoms with Gasteiger partial charge in [0.2, 0.25) is 11.8 Å². The quantitative estimate of drug-likeness (QED) is 0.681. The average molecular weight is 316 g/mol. The van der Waals surface area contributed by atoms with E-state index in [1.165, 1.54) is 0 Å². The van der Waals surface area contributed by atoms with Gasteiger partial charge in [0.1, 0.15) is 11.8 Å². The summed E-state index contributed by atoms with van der Waals surface area (Å²) < 4.78 is 1.78. The summed E-state index contributed by atoms with van der Waals surface area (Å²) in [5.41, 5.74) is 7.11. The van der Waals surface area contributed by atoms with Crippen LogP contribution >= 0.6 is 0 Å². The van der Waals surface area contributed by atoms with E-state index in [0.717, 1.165) is 11.3 Å². The summed E-state index contributed by atoms with van der Waals surface area (Å²) in [4.78, 5) is 27.5. The molecule has 122 valence electrons. The van der Waals surface area contributed by atoms with Crippen molar-refractivity contribution >= 4 is 11.8 Å². The van der Waals surface area contributed by atoms with Crippen LogP contribution in [-0.2, 0) is 29.5 Å². The molecule has 1 heterocycles. The highest BCUT2D eigenvalue weighted by Gasteiger charge is 2.19. The number of nitrogens with one attached hydrogen (secondary N) is 1. The first-order chi connectivity index (χ1) is 11.0. The highest BCUT2D eigenvalue weighted by Crippen LogP contribution is 2.11. The second kappa shape index (κ2) is 7.44. The lowest BCUT2D eigenvalue weighted by molar-refractivity contribution is -0.127. The van der Waals surface area contributed by atoms with E-state index in [-0.39, 0.29) is 18.1 Å². The van der Waals surface area contributed by atoms with Gasteiger partial charge in [-0.2, -0.15) is 0 Å². The number of phenols is 1. The van der Waals surface area contributed by atoms with E-state index >= 15 is 0 Å². The zero-order valence-electron chi connectivity index (χ0n) is 12.9. The highest BCUT2D eigenvalue weighted by molar-refractivity contribution is 5.86. The van der Waals surface area contributed by atoms with Crippen LogP contribution in [0.2, 0.25) is 0 Å². The van der Waals surface area contributed by atoms with E-state index < -0.39 is 11.9 Å². The zero-order chi connectivity index (χ0) is 16.8. The lowest BCUT2D eigenvalue weighted by Gasteiger charge is -2.15. The van der Waals surface area contributed by atoms with Crippen LogP contribution in [0, 0.1) is 0 Å². The number of benzene rings is 1. The Hall–Kier alpha value is -2.83. The van der Waals surface area contributed by atoms with Gasteiger partial charge in [-0.05, 0) is 24.1 Å². The fourth-order valence-electron chi connectivity index (χ4n) is 2.20. The summed E-state index contributed by atoms with van der Waals surface area (Å²) >= 11 is 0. The van der Waals surface area contributed by atoms with Gasteiger partial charge in [-0.25, -0.2) is 4.98 Å². The Balaban J connectivity index is 1.89. The molecule has 1 unspecified atom stereocenters. The topological polar surface area (TPSA) is 110 Å². The summed E-state index contributed by atoms with van der Waals surface area (Å²) in [6, 6.07) is 5.88. The van der Waals surface area contributed by atoms with Crippen LogP contribution in [-0.4, -0.2) is 32.5 Å². The summed E-state index contributed by atoms with van der Waals surface area (Å²) in [5, 5.41) is 11.9. The maximum Gasteiger partial charge on any atom is 0.240 e. The smallest absolute Gasteiger partial charge is 0.240 e. The fraction of sp³-hybridized carbons (Fsp3) is 0.312. The number of hydrogen-bond donors (Lipinski definition) is 3. The molecule has 2 amide bonds. The molecule has 0 fully saturated rings. The van der Waals surface area contributed by atoms with Crippen molar-refractivity contribution in [1.29, 1.82) is 0 Å². The van der Waals surface area contributed by atoms with E-state index in [2.05, 4.69) is 10.3 Å². The third kappa shape index (κ3) is 4.84. The molecule has 2 rings (SSSR count). The van der Waals surface area contributed by atoms with Crippen LogP contribution in [0.3, 0.4) is 0 Å². The highest BCUT2D eigenvalue weighted by atomic mass is 16.3. The molecule has 23 heavy (non-hydrogen) atoms. The van der Waals surface area contributed by atoms with Crippen molar-refractivity contribution < 1.29 is 14.7 Å². The van der Waals surface area contributed by atoms with Crippen LogP contribution in [0.15, 0.2) is 36.8 Å². The average Bonchev–Trinajstić information content (AvgIpc) is 2.91. The second-order valence-corrected chi connectivity index (χ2v) is 5.39. The number of primary amides is 1. The molecule has 0 aliphatic heterocycles. The van der Waals surface area contributed by atoms with Crippen molar-refractivity contribution in [1.82, 2.24) is 14.9 Å². The molecule has 1 atom stereocenters. The minimum Gasteiger partial charge on any atom is -0.508 e. The van der Waals surface area contributed by atoms with Gasteiger partial charge in [-0.15, -0.1) is 0 Å². The van der Waals surface area contributed by atoms with Crippen molar-refractivity contribution in [3.63, 3.8) is 0 Å². The minimum atomic E-state index is -0.766. The number of nitrogens with two attached hydrogens (primary N) is 1. The molecule has 0 saturated heterocycles. The monoisotopic (exact) mass is 316 g/mol. The van der Waals surface area contributed by atoms with Gasteiger partial charge in [0.25, 0.3) is 0 Å². The van der Waals surface area contributed by atoms with Crippen LogP contribution in [0.1, 0.15) is 17.7 Å². The predicted octanol–water partition coefficient (Wildman–Crippen LogP) is 0.271. The normalized spacial score (nSPS) is 11.9. The number of nitrogens with zero attached hydrogens (tertiary/aromatic N) is 2. The Bertz CT molecular complexity index is 679. The van der Waals surface area contributed by atoms with Crippen molar-refractivity contribution in [3.8, 4) is 5.75 Å². The van der Waals surface area contributed by atoms with E-state index in [4.69, 9.17) is 5.73 Å². The first kappa shape index (κ1) is 16.5. The van der Waals surface area contributed by atoms with Crippen LogP contribution in [0.5, 0.6) is 5.75 Å². The molecule has 0 bridgehead atoms. The number of hydrogen-bond acceptors (Lipinski definition) is 4. The Kier molecular flexibility index (Phi) is 5.35. The molecular formula is C16H20N4O3. The summed E-state index contributed by atoms with van der Waals surface area (Å²) in [6.07, 6.45) is 4.32. The number of carbonyl (C=O) groups is 2. The van der Waals surface area contributed by atoms with E-state index in [1.54, 1.807) is 41.4 Å². The zero-order valence-corrected chi connectivity index (χ0v) is 12.9. The molecule has 0 radical (unpaired) electrons. The fourth-order valence-corrected chi connectivity index (χ4v) is 2.20.